The Hall–Kier alpha value is -0.900. The molecule has 1 N–H and O–H groups in total. The Bertz CT molecular complexity index is 557. The lowest BCUT2D eigenvalue weighted by atomic mass is 9.99. The number of nitrogens with one attached hydrogen (secondary N) is 1. The summed E-state index contributed by atoms with van der Waals surface area (Å²) in [4.78, 5) is 0. The van der Waals surface area contributed by atoms with Crippen LogP contribution in [0.3, 0.4) is 0 Å². The van der Waals surface area contributed by atoms with Crippen molar-refractivity contribution in [3.05, 3.63) is 68.9 Å². The third kappa shape index (κ3) is 3.56. The van der Waals surface area contributed by atoms with Gasteiger partial charge in [0, 0.05) is 5.02 Å². The maximum absolute atomic E-state index is 13.3. The van der Waals surface area contributed by atoms with Gasteiger partial charge in [0.25, 0.3) is 0 Å². The lowest BCUT2D eigenvalue weighted by Gasteiger charge is -2.19. The van der Waals surface area contributed by atoms with Crippen LogP contribution in [0.25, 0.3) is 0 Å². The Morgan fingerprint density at radius 2 is 1.79 bits per heavy atom. The van der Waals surface area contributed by atoms with Crippen molar-refractivity contribution in [2.45, 2.75) is 13.0 Å². The van der Waals surface area contributed by atoms with Gasteiger partial charge in [0.2, 0.25) is 0 Å². The normalized spacial score (nSPS) is 12.4. The summed E-state index contributed by atoms with van der Waals surface area (Å²) in [6, 6.07) is 12.8. The molecule has 0 heterocycles. The maximum atomic E-state index is 13.3. The van der Waals surface area contributed by atoms with Gasteiger partial charge in [-0.2, -0.15) is 0 Å². The van der Waals surface area contributed by atoms with E-state index < -0.39 is 0 Å². The van der Waals surface area contributed by atoms with Crippen LogP contribution in [0, 0.1) is 5.82 Å². The van der Waals surface area contributed by atoms with Crippen LogP contribution in [0.5, 0.6) is 0 Å². The number of rotatable bonds is 4. The zero-order valence-electron chi connectivity index (χ0n) is 10.5. The molecule has 0 amide bonds. The van der Waals surface area contributed by atoms with E-state index in [2.05, 4.69) is 21.2 Å². The van der Waals surface area contributed by atoms with Crippen molar-refractivity contribution in [2.75, 3.05) is 6.54 Å². The lowest BCUT2D eigenvalue weighted by molar-refractivity contribution is 0.608. The second kappa shape index (κ2) is 6.51. The molecule has 2 rings (SSSR count). The van der Waals surface area contributed by atoms with E-state index in [1.807, 2.05) is 31.2 Å². The molecule has 19 heavy (non-hydrogen) atoms. The molecule has 0 aliphatic carbocycles. The maximum Gasteiger partial charge on any atom is 0.137 e. The molecule has 0 bridgehead atoms. The minimum absolute atomic E-state index is 0.0270. The van der Waals surface area contributed by atoms with Crippen LogP contribution in [0.4, 0.5) is 4.39 Å². The van der Waals surface area contributed by atoms with Crippen molar-refractivity contribution in [2.24, 2.45) is 0 Å². The highest BCUT2D eigenvalue weighted by atomic mass is 79.9. The largest absolute Gasteiger partial charge is 0.307 e. The Morgan fingerprint density at radius 3 is 2.37 bits per heavy atom. The van der Waals surface area contributed by atoms with E-state index in [1.54, 1.807) is 12.1 Å². The van der Waals surface area contributed by atoms with E-state index in [1.165, 1.54) is 6.07 Å². The van der Waals surface area contributed by atoms with Crippen molar-refractivity contribution in [1.29, 1.82) is 0 Å². The predicted octanol–water partition coefficient (Wildman–Crippen LogP) is 4.94. The van der Waals surface area contributed by atoms with Gasteiger partial charge >= 0.3 is 0 Å². The predicted molar refractivity (Wildman–Crippen MR) is 81.1 cm³/mol. The van der Waals surface area contributed by atoms with Crippen LogP contribution in [0.1, 0.15) is 24.1 Å². The highest BCUT2D eigenvalue weighted by molar-refractivity contribution is 9.10. The zero-order chi connectivity index (χ0) is 13.8. The molecule has 0 aliphatic heterocycles. The van der Waals surface area contributed by atoms with E-state index in [0.29, 0.717) is 9.50 Å². The average Bonchev–Trinajstić information content (AvgIpc) is 2.41. The molecular formula is C15H14BrClFN. The molecular weight excluding hydrogens is 329 g/mol. The summed E-state index contributed by atoms with van der Waals surface area (Å²) < 4.78 is 13.8. The third-order valence-corrected chi connectivity index (χ3v) is 3.75. The number of halogens is 3. The summed E-state index contributed by atoms with van der Waals surface area (Å²) in [7, 11) is 0. The van der Waals surface area contributed by atoms with Gasteiger partial charge in [-0.1, -0.05) is 36.7 Å². The fraction of sp³-hybridized carbons (Fsp3) is 0.200. The monoisotopic (exact) mass is 341 g/mol. The van der Waals surface area contributed by atoms with E-state index in [9.17, 15) is 4.39 Å². The van der Waals surface area contributed by atoms with Crippen LogP contribution in [-0.4, -0.2) is 6.54 Å². The second-order valence-electron chi connectivity index (χ2n) is 4.22. The Morgan fingerprint density at radius 1 is 1.16 bits per heavy atom. The first-order valence-corrected chi connectivity index (χ1v) is 7.22. The molecule has 0 spiro atoms. The summed E-state index contributed by atoms with van der Waals surface area (Å²) in [6.07, 6.45) is 0. The summed E-state index contributed by atoms with van der Waals surface area (Å²) >= 11 is 9.13. The van der Waals surface area contributed by atoms with Gasteiger partial charge in [0.05, 0.1) is 10.5 Å². The zero-order valence-corrected chi connectivity index (χ0v) is 12.8. The Balaban J connectivity index is 2.38. The van der Waals surface area contributed by atoms with E-state index in [-0.39, 0.29) is 11.9 Å². The van der Waals surface area contributed by atoms with Crippen molar-refractivity contribution in [3.63, 3.8) is 0 Å². The minimum atomic E-state index is -0.255. The van der Waals surface area contributed by atoms with Gasteiger partial charge in [-0.25, -0.2) is 4.39 Å². The number of hydrogen-bond acceptors (Lipinski definition) is 1. The van der Waals surface area contributed by atoms with Gasteiger partial charge < -0.3 is 5.32 Å². The molecule has 0 aliphatic rings. The molecule has 0 saturated carbocycles. The third-order valence-electron chi connectivity index (χ3n) is 2.89. The fourth-order valence-corrected chi connectivity index (χ4v) is 2.50. The standard InChI is InChI=1S/C15H14BrClFN/c1-2-19-15(10-3-6-12(17)7-4-10)11-5-8-14(18)13(16)9-11/h3-9,15,19H,2H2,1H3. The smallest absolute Gasteiger partial charge is 0.137 e. The second-order valence-corrected chi connectivity index (χ2v) is 5.51. The molecule has 4 heteroatoms. The van der Waals surface area contributed by atoms with Crippen molar-refractivity contribution >= 4 is 27.5 Å². The van der Waals surface area contributed by atoms with Gasteiger partial charge in [-0.3, -0.25) is 0 Å². The van der Waals surface area contributed by atoms with Gasteiger partial charge in [-0.05, 0) is 57.9 Å². The highest BCUT2D eigenvalue weighted by Gasteiger charge is 2.14. The van der Waals surface area contributed by atoms with Crippen molar-refractivity contribution in [3.8, 4) is 0 Å². The van der Waals surface area contributed by atoms with Crippen molar-refractivity contribution in [1.82, 2.24) is 5.32 Å². The number of hydrogen-bond donors (Lipinski definition) is 1. The number of benzene rings is 2. The molecule has 1 unspecified atom stereocenters. The molecule has 2 aromatic carbocycles. The molecule has 2 aromatic rings. The molecule has 0 fully saturated rings. The van der Waals surface area contributed by atoms with Crippen molar-refractivity contribution < 1.29 is 4.39 Å². The molecule has 1 nitrogen and oxygen atoms in total. The van der Waals surface area contributed by atoms with Crippen LogP contribution in [0.15, 0.2) is 46.9 Å². The summed E-state index contributed by atoms with van der Waals surface area (Å²) in [6.45, 7) is 2.86. The van der Waals surface area contributed by atoms with E-state index in [4.69, 9.17) is 11.6 Å². The van der Waals surface area contributed by atoms with Crippen LogP contribution < -0.4 is 5.32 Å². The first-order valence-electron chi connectivity index (χ1n) is 6.05. The Kier molecular flexibility index (Phi) is 4.97. The fourth-order valence-electron chi connectivity index (χ4n) is 1.98. The molecule has 0 radical (unpaired) electrons. The quantitative estimate of drug-likeness (QED) is 0.830. The first kappa shape index (κ1) is 14.5. The lowest BCUT2D eigenvalue weighted by Crippen LogP contribution is -2.22. The molecule has 0 saturated heterocycles. The minimum Gasteiger partial charge on any atom is -0.307 e. The van der Waals surface area contributed by atoms with Gasteiger partial charge in [0.15, 0.2) is 0 Å². The van der Waals surface area contributed by atoms with Gasteiger partial charge in [0.1, 0.15) is 5.82 Å². The first-order chi connectivity index (χ1) is 9.11. The topological polar surface area (TPSA) is 12.0 Å². The van der Waals surface area contributed by atoms with Crippen LogP contribution in [-0.2, 0) is 0 Å². The van der Waals surface area contributed by atoms with Gasteiger partial charge in [-0.15, -0.1) is 0 Å². The van der Waals surface area contributed by atoms with E-state index >= 15 is 0 Å². The van der Waals surface area contributed by atoms with Crippen LogP contribution in [0.2, 0.25) is 5.02 Å². The SMILES string of the molecule is CCNC(c1ccc(Cl)cc1)c1ccc(F)c(Br)c1. The van der Waals surface area contributed by atoms with E-state index in [0.717, 1.165) is 17.7 Å². The molecule has 100 valence electrons. The Labute approximate surface area is 125 Å². The highest BCUT2D eigenvalue weighted by Crippen LogP contribution is 2.27. The van der Waals surface area contributed by atoms with Crippen LogP contribution >= 0.6 is 27.5 Å². The molecule has 1 atom stereocenters. The summed E-state index contributed by atoms with van der Waals surface area (Å²) in [5, 5.41) is 4.10. The average molecular weight is 343 g/mol. The summed E-state index contributed by atoms with van der Waals surface area (Å²) in [5.41, 5.74) is 2.11. The molecule has 0 aromatic heterocycles. The summed E-state index contributed by atoms with van der Waals surface area (Å²) in [5.74, 6) is -0.255.